The van der Waals surface area contributed by atoms with Crippen LogP contribution in [-0.4, -0.2) is 23.3 Å². The Morgan fingerprint density at radius 2 is 1.52 bits per heavy atom. The van der Waals surface area contributed by atoms with E-state index < -0.39 is 0 Å². The summed E-state index contributed by atoms with van der Waals surface area (Å²) in [6, 6.07) is 13.5. The Morgan fingerprint density at radius 1 is 0.913 bits per heavy atom. The lowest BCUT2D eigenvalue weighted by Gasteiger charge is -2.32. The molecule has 0 spiro atoms. The van der Waals surface area contributed by atoms with Gasteiger partial charge in [0.05, 0.1) is 11.2 Å². The topological polar surface area (TPSA) is 40.6 Å². The molecule has 0 saturated carbocycles. The van der Waals surface area contributed by atoms with E-state index in [1.54, 1.807) is 0 Å². The van der Waals surface area contributed by atoms with Gasteiger partial charge in [0.25, 0.3) is 0 Å². The SMILES string of the molecule is Cc1cccc(Oc2ccc(B3OC(C)(C)C(C)(C)O3)cc2)n1. The van der Waals surface area contributed by atoms with E-state index in [9.17, 15) is 0 Å². The number of nitrogens with zero attached hydrogens (tertiary/aromatic N) is 1. The van der Waals surface area contributed by atoms with E-state index in [1.807, 2.05) is 77.1 Å². The number of rotatable bonds is 3. The molecule has 2 heterocycles. The molecule has 0 N–H and O–H groups in total. The van der Waals surface area contributed by atoms with Crippen molar-refractivity contribution >= 4 is 12.6 Å². The van der Waals surface area contributed by atoms with Gasteiger partial charge in [-0.15, -0.1) is 0 Å². The predicted octanol–water partition coefficient (Wildman–Crippen LogP) is 3.48. The number of benzene rings is 1. The second-order valence-electron chi connectivity index (χ2n) is 6.88. The predicted molar refractivity (Wildman–Crippen MR) is 91.2 cm³/mol. The molecule has 1 aliphatic heterocycles. The average Bonchev–Trinajstić information content (AvgIpc) is 2.68. The van der Waals surface area contributed by atoms with E-state index >= 15 is 0 Å². The van der Waals surface area contributed by atoms with Crippen molar-refractivity contribution in [3.05, 3.63) is 48.2 Å². The molecule has 3 rings (SSSR count). The number of pyridine rings is 1. The highest BCUT2D eigenvalue weighted by atomic mass is 16.7. The van der Waals surface area contributed by atoms with Gasteiger partial charge in [-0.05, 0) is 58.3 Å². The summed E-state index contributed by atoms with van der Waals surface area (Å²) in [5.74, 6) is 1.33. The first kappa shape index (κ1) is 16.0. The first-order chi connectivity index (χ1) is 10.8. The van der Waals surface area contributed by atoms with Crippen LogP contribution in [0.4, 0.5) is 0 Å². The number of aryl methyl sites for hydroxylation is 1. The van der Waals surface area contributed by atoms with Crippen molar-refractivity contribution < 1.29 is 14.0 Å². The summed E-state index contributed by atoms with van der Waals surface area (Å²) < 4.78 is 17.9. The molecule has 0 amide bonds. The van der Waals surface area contributed by atoms with Crippen LogP contribution in [0.2, 0.25) is 0 Å². The molecule has 0 atom stereocenters. The fourth-order valence-electron chi connectivity index (χ4n) is 2.37. The fourth-order valence-corrected chi connectivity index (χ4v) is 2.37. The molecule has 120 valence electrons. The van der Waals surface area contributed by atoms with Crippen molar-refractivity contribution in [1.82, 2.24) is 4.98 Å². The third-order valence-electron chi connectivity index (χ3n) is 4.49. The average molecular weight is 311 g/mol. The van der Waals surface area contributed by atoms with Crippen molar-refractivity contribution in [2.24, 2.45) is 0 Å². The van der Waals surface area contributed by atoms with Gasteiger partial charge in [0.15, 0.2) is 0 Å². The van der Waals surface area contributed by atoms with E-state index in [0.29, 0.717) is 5.88 Å². The largest absolute Gasteiger partial charge is 0.494 e. The van der Waals surface area contributed by atoms with Gasteiger partial charge in [0, 0.05) is 11.8 Å². The third kappa shape index (κ3) is 3.26. The van der Waals surface area contributed by atoms with E-state index in [4.69, 9.17) is 14.0 Å². The summed E-state index contributed by atoms with van der Waals surface area (Å²) in [7, 11) is -0.355. The van der Waals surface area contributed by atoms with E-state index in [-0.39, 0.29) is 18.3 Å². The second-order valence-corrected chi connectivity index (χ2v) is 6.88. The van der Waals surface area contributed by atoms with Crippen LogP contribution in [0.15, 0.2) is 42.5 Å². The van der Waals surface area contributed by atoms with Crippen molar-refractivity contribution in [2.45, 2.75) is 45.8 Å². The molecular weight excluding hydrogens is 289 g/mol. The molecule has 1 aliphatic rings. The maximum Gasteiger partial charge on any atom is 0.494 e. The zero-order valence-corrected chi connectivity index (χ0v) is 14.3. The lowest BCUT2D eigenvalue weighted by Crippen LogP contribution is -2.41. The quantitative estimate of drug-likeness (QED) is 0.814. The molecular formula is C18H22BNO3. The number of aromatic nitrogens is 1. The van der Waals surface area contributed by atoms with Crippen LogP contribution < -0.4 is 10.2 Å². The van der Waals surface area contributed by atoms with Crippen LogP contribution >= 0.6 is 0 Å². The molecule has 0 radical (unpaired) electrons. The van der Waals surface area contributed by atoms with Crippen molar-refractivity contribution in [1.29, 1.82) is 0 Å². The lowest BCUT2D eigenvalue weighted by molar-refractivity contribution is 0.00578. The van der Waals surface area contributed by atoms with Crippen LogP contribution in [0, 0.1) is 6.92 Å². The first-order valence-corrected chi connectivity index (χ1v) is 7.84. The van der Waals surface area contributed by atoms with E-state index in [1.165, 1.54) is 0 Å². The zero-order chi connectivity index (χ0) is 16.7. The van der Waals surface area contributed by atoms with Gasteiger partial charge >= 0.3 is 7.12 Å². The van der Waals surface area contributed by atoms with Gasteiger partial charge in [-0.1, -0.05) is 18.2 Å². The monoisotopic (exact) mass is 311 g/mol. The van der Waals surface area contributed by atoms with Gasteiger partial charge in [0.2, 0.25) is 5.88 Å². The Kier molecular flexibility index (Phi) is 3.94. The highest BCUT2D eigenvalue weighted by molar-refractivity contribution is 6.62. The first-order valence-electron chi connectivity index (χ1n) is 7.84. The van der Waals surface area contributed by atoms with Crippen LogP contribution in [0.25, 0.3) is 0 Å². The minimum absolute atomic E-state index is 0.335. The van der Waals surface area contributed by atoms with Crippen LogP contribution in [-0.2, 0) is 9.31 Å². The van der Waals surface area contributed by atoms with Crippen molar-refractivity contribution in [3.8, 4) is 11.6 Å². The minimum atomic E-state index is -0.355. The van der Waals surface area contributed by atoms with E-state index in [0.717, 1.165) is 16.9 Å². The summed E-state index contributed by atoms with van der Waals surface area (Å²) in [4.78, 5) is 4.33. The smallest absolute Gasteiger partial charge is 0.439 e. The standard InChI is InChI=1S/C18H22BNO3/c1-13-7-6-8-16(20-13)21-15-11-9-14(10-12-15)19-22-17(2,3)18(4,5)23-19/h6-12H,1-5H3. The normalized spacial score (nSPS) is 18.9. The highest BCUT2D eigenvalue weighted by Gasteiger charge is 2.51. The molecule has 2 aromatic rings. The number of ether oxygens (including phenoxy) is 1. The summed E-state index contributed by atoms with van der Waals surface area (Å²) in [5, 5.41) is 0. The minimum Gasteiger partial charge on any atom is -0.439 e. The maximum absolute atomic E-state index is 6.05. The zero-order valence-electron chi connectivity index (χ0n) is 14.3. The van der Waals surface area contributed by atoms with Crippen LogP contribution in [0.5, 0.6) is 11.6 Å². The number of hydrogen-bond donors (Lipinski definition) is 0. The fraction of sp³-hybridized carbons (Fsp3) is 0.389. The molecule has 1 aromatic carbocycles. The van der Waals surface area contributed by atoms with E-state index in [2.05, 4.69) is 4.98 Å². The summed E-state index contributed by atoms with van der Waals surface area (Å²) in [5.41, 5.74) is 1.24. The maximum atomic E-state index is 6.05. The van der Waals surface area contributed by atoms with Gasteiger partial charge in [-0.3, -0.25) is 0 Å². The third-order valence-corrected chi connectivity index (χ3v) is 4.49. The van der Waals surface area contributed by atoms with Gasteiger partial charge in [-0.2, -0.15) is 0 Å². The van der Waals surface area contributed by atoms with Gasteiger partial charge in [-0.25, -0.2) is 4.98 Å². The molecule has 23 heavy (non-hydrogen) atoms. The Labute approximate surface area is 137 Å². The van der Waals surface area contributed by atoms with Gasteiger partial charge in [0.1, 0.15) is 5.75 Å². The molecule has 0 aliphatic carbocycles. The molecule has 4 nitrogen and oxygen atoms in total. The Morgan fingerprint density at radius 3 is 2.09 bits per heavy atom. The summed E-state index contributed by atoms with van der Waals surface area (Å²) >= 11 is 0. The molecule has 1 fully saturated rings. The summed E-state index contributed by atoms with van der Waals surface area (Å²) in [6.07, 6.45) is 0. The van der Waals surface area contributed by atoms with Crippen LogP contribution in [0.1, 0.15) is 33.4 Å². The van der Waals surface area contributed by atoms with Crippen molar-refractivity contribution in [3.63, 3.8) is 0 Å². The Bertz CT molecular complexity index is 682. The summed E-state index contributed by atoms with van der Waals surface area (Å²) in [6.45, 7) is 10.1. The molecule has 1 saturated heterocycles. The molecule has 0 bridgehead atoms. The number of hydrogen-bond acceptors (Lipinski definition) is 4. The highest BCUT2D eigenvalue weighted by Crippen LogP contribution is 2.36. The Hall–Kier alpha value is -1.85. The Balaban J connectivity index is 1.73. The van der Waals surface area contributed by atoms with Crippen molar-refractivity contribution in [2.75, 3.05) is 0 Å². The molecule has 0 unspecified atom stereocenters. The molecule has 1 aromatic heterocycles. The second kappa shape index (κ2) is 5.66. The lowest BCUT2D eigenvalue weighted by atomic mass is 9.79. The van der Waals surface area contributed by atoms with Crippen LogP contribution in [0.3, 0.4) is 0 Å². The molecule has 5 heteroatoms. The van der Waals surface area contributed by atoms with Gasteiger partial charge < -0.3 is 14.0 Å².